The molecule has 10 heteroatoms. The number of amides is 1. The van der Waals surface area contributed by atoms with Crippen LogP contribution in [0, 0.1) is 5.95 Å². The van der Waals surface area contributed by atoms with Crippen LogP contribution in [0.25, 0.3) is 11.3 Å². The third-order valence-corrected chi connectivity index (χ3v) is 7.75. The number of aliphatic imine (C=N–C) groups is 1. The first kappa shape index (κ1) is 23.8. The smallest absolute Gasteiger partial charge is 0.269 e. The summed E-state index contributed by atoms with van der Waals surface area (Å²) >= 11 is 6.23. The molecule has 0 N–H and O–H groups in total. The Labute approximate surface area is 229 Å². The minimum absolute atomic E-state index is 0.160. The summed E-state index contributed by atoms with van der Waals surface area (Å²) in [4.78, 5) is 26.2. The molecule has 3 aliphatic rings. The highest BCUT2D eigenvalue weighted by Crippen LogP contribution is 2.44. The normalized spacial score (nSPS) is 19.6. The fourth-order valence-electron chi connectivity index (χ4n) is 5.66. The molecule has 1 fully saturated rings. The number of carbonyl (C=O) groups excluding carboxylic acids is 1. The van der Waals surface area contributed by atoms with Crippen LogP contribution in [0.3, 0.4) is 0 Å². The number of guanidine groups is 1. The number of nitrogens with zero attached hydrogens (tertiary/aromatic N) is 6. The van der Waals surface area contributed by atoms with Crippen molar-refractivity contribution in [2.75, 3.05) is 11.9 Å². The summed E-state index contributed by atoms with van der Waals surface area (Å²) in [6.07, 6.45) is 3.09. The van der Waals surface area contributed by atoms with E-state index in [0.717, 1.165) is 30.4 Å². The van der Waals surface area contributed by atoms with Crippen molar-refractivity contribution >= 4 is 29.3 Å². The van der Waals surface area contributed by atoms with Crippen LogP contribution in [-0.2, 0) is 6.54 Å². The number of hydrogen-bond acceptors (Lipinski definition) is 6. The largest absolute Gasteiger partial charge is 0.438 e. The van der Waals surface area contributed by atoms with Gasteiger partial charge in [-0.3, -0.25) is 14.6 Å². The van der Waals surface area contributed by atoms with Gasteiger partial charge in [0.1, 0.15) is 11.3 Å². The highest BCUT2D eigenvalue weighted by Gasteiger charge is 2.49. The molecule has 2 aromatic carbocycles. The maximum atomic E-state index is 13.7. The first-order chi connectivity index (χ1) is 19.0. The molecule has 0 bridgehead atoms. The maximum Gasteiger partial charge on any atom is 0.269 e. The second kappa shape index (κ2) is 9.20. The Morgan fingerprint density at radius 2 is 1.90 bits per heavy atom. The van der Waals surface area contributed by atoms with Crippen LogP contribution in [-0.4, -0.2) is 50.7 Å². The summed E-state index contributed by atoms with van der Waals surface area (Å²) in [7, 11) is 1.75. The number of halogens is 2. The molecule has 2 atom stereocenters. The molecule has 39 heavy (non-hydrogen) atoms. The van der Waals surface area contributed by atoms with Crippen LogP contribution < -0.4 is 9.64 Å². The van der Waals surface area contributed by atoms with E-state index in [1.807, 2.05) is 24.3 Å². The molecule has 0 radical (unpaired) electrons. The molecule has 1 aliphatic carbocycles. The topological polar surface area (TPSA) is 75.8 Å². The Bertz CT molecular complexity index is 1640. The van der Waals surface area contributed by atoms with Crippen LogP contribution in [0.4, 0.5) is 10.2 Å². The van der Waals surface area contributed by atoms with Crippen LogP contribution in [0.15, 0.2) is 71.7 Å². The summed E-state index contributed by atoms with van der Waals surface area (Å²) in [6, 6.07) is 19.8. The molecular weight excluding hydrogens is 519 g/mol. The molecule has 1 amide bonds. The highest BCUT2D eigenvalue weighted by atomic mass is 35.5. The number of hydrogen-bond donors (Lipinski definition) is 0. The van der Waals surface area contributed by atoms with E-state index in [-0.39, 0.29) is 18.0 Å². The molecule has 2 aromatic heterocycles. The number of aromatic nitrogens is 3. The summed E-state index contributed by atoms with van der Waals surface area (Å²) in [6.45, 7) is 0.352. The van der Waals surface area contributed by atoms with E-state index in [9.17, 15) is 9.18 Å². The number of ether oxygens (including phenoxy) is 1. The highest BCUT2D eigenvalue weighted by molar-refractivity contribution is 6.30. The first-order valence-electron chi connectivity index (χ1n) is 12.9. The summed E-state index contributed by atoms with van der Waals surface area (Å²) in [5, 5.41) is 5.47. The molecule has 2 unspecified atom stereocenters. The molecule has 4 heterocycles. The van der Waals surface area contributed by atoms with Gasteiger partial charge in [-0.15, -0.1) is 0 Å². The van der Waals surface area contributed by atoms with E-state index in [1.165, 1.54) is 6.07 Å². The maximum absolute atomic E-state index is 13.7. The lowest BCUT2D eigenvalue weighted by Crippen LogP contribution is -2.51. The van der Waals surface area contributed by atoms with Crippen LogP contribution in [0.2, 0.25) is 5.02 Å². The summed E-state index contributed by atoms with van der Waals surface area (Å²) in [5.41, 5.74) is 2.70. The summed E-state index contributed by atoms with van der Waals surface area (Å²) in [5.74, 6) is 1.34. The van der Waals surface area contributed by atoms with Gasteiger partial charge in [-0.25, -0.2) is 14.7 Å². The average molecular weight is 543 g/mol. The molecule has 4 aromatic rings. The van der Waals surface area contributed by atoms with E-state index in [2.05, 4.69) is 9.88 Å². The van der Waals surface area contributed by atoms with Crippen molar-refractivity contribution in [2.45, 2.75) is 37.9 Å². The van der Waals surface area contributed by atoms with Gasteiger partial charge < -0.3 is 4.74 Å². The van der Waals surface area contributed by atoms with Crippen molar-refractivity contribution in [2.24, 2.45) is 4.99 Å². The van der Waals surface area contributed by atoms with Crippen molar-refractivity contribution in [3.05, 3.63) is 88.8 Å². The zero-order chi connectivity index (χ0) is 26.7. The molecule has 196 valence electrons. The van der Waals surface area contributed by atoms with Crippen molar-refractivity contribution in [1.29, 1.82) is 0 Å². The quantitative estimate of drug-likeness (QED) is 0.300. The Kier molecular flexibility index (Phi) is 5.62. The van der Waals surface area contributed by atoms with Gasteiger partial charge in [-0.1, -0.05) is 48.0 Å². The lowest BCUT2D eigenvalue weighted by molar-refractivity contribution is 0.0862. The Balaban J connectivity index is 1.30. The molecule has 1 saturated carbocycles. The molecule has 8 nitrogen and oxygen atoms in total. The number of pyridine rings is 1. The molecular formula is C29H24ClFN6O2. The Morgan fingerprint density at radius 1 is 1.08 bits per heavy atom. The number of carbonyl (C=O) groups is 1. The van der Waals surface area contributed by atoms with Crippen molar-refractivity contribution < 1.29 is 13.9 Å². The van der Waals surface area contributed by atoms with Gasteiger partial charge in [0.2, 0.25) is 17.8 Å². The van der Waals surface area contributed by atoms with E-state index < -0.39 is 5.95 Å². The van der Waals surface area contributed by atoms with E-state index in [1.54, 1.807) is 53.0 Å². The average Bonchev–Trinajstić information content (AvgIpc) is 3.62. The van der Waals surface area contributed by atoms with E-state index in [0.29, 0.717) is 46.2 Å². The number of fused-ring (bicyclic) bond motifs is 5. The van der Waals surface area contributed by atoms with Gasteiger partial charge in [0.05, 0.1) is 24.3 Å². The van der Waals surface area contributed by atoms with Crippen molar-refractivity contribution in [1.82, 2.24) is 19.7 Å². The predicted octanol–water partition coefficient (Wildman–Crippen LogP) is 5.76. The molecule has 0 saturated heterocycles. The monoisotopic (exact) mass is 542 g/mol. The zero-order valence-corrected chi connectivity index (χ0v) is 21.8. The molecule has 0 spiro atoms. The Hall–Kier alpha value is -4.24. The number of anilines is 1. The molecule has 7 rings (SSSR count). The van der Waals surface area contributed by atoms with Crippen molar-refractivity contribution in [3.63, 3.8) is 0 Å². The lowest BCUT2D eigenvalue weighted by atomic mass is 10.1. The standard InChI is InChI=1S/C29H24ClFN6O2/c1-35-27(38)25-26(37-23-9-3-8-22(23)33-29(35)37)34-36(28(25)39-20-6-2-5-19(30)15-20)16-17-11-13-18(14-12-17)21-7-4-10-24(31)32-21/h2,4-7,10-15,22-23H,3,8-9,16H2,1H3. The fourth-order valence-corrected chi connectivity index (χ4v) is 5.84. The van der Waals surface area contributed by atoms with Gasteiger partial charge in [0.15, 0.2) is 5.82 Å². The molecule has 2 aliphatic heterocycles. The Morgan fingerprint density at radius 3 is 2.69 bits per heavy atom. The second-order valence-corrected chi connectivity index (χ2v) is 10.4. The predicted molar refractivity (Wildman–Crippen MR) is 146 cm³/mol. The SMILES string of the molecule is CN1C(=O)c2c(nn(Cc3ccc(-c4cccc(F)n4)cc3)c2Oc2cccc(Cl)c2)N2C1=NC1CCCC12. The van der Waals surface area contributed by atoms with Gasteiger partial charge in [0.25, 0.3) is 5.91 Å². The third-order valence-electron chi connectivity index (χ3n) is 7.51. The van der Waals surface area contributed by atoms with Crippen LogP contribution >= 0.6 is 11.6 Å². The zero-order valence-electron chi connectivity index (χ0n) is 21.1. The first-order valence-corrected chi connectivity index (χ1v) is 13.3. The van der Waals surface area contributed by atoms with Crippen LogP contribution in [0.1, 0.15) is 35.2 Å². The van der Waals surface area contributed by atoms with Gasteiger partial charge >= 0.3 is 0 Å². The van der Waals surface area contributed by atoms with Crippen molar-refractivity contribution in [3.8, 4) is 22.9 Å². The number of benzene rings is 2. The second-order valence-electron chi connectivity index (χ2n) is 9.99. The number of rotatable bonds is 5. The lowest BCUT2D eigenvalue weighted by Gasteiger charge is -2.33. The van der Waals surface area contributed by atoms with E-state index >= 15 is 0 Å². The van der Waals surface area contributed by atoms with Gasteiger partial charge in [0, 0.05) is 17.6 Å². The third kappa shape index (κ3) is 4.04. The van der Waals surface area contributed by atoms with Gasteiger partial charge in [-0.05, 0) is 55.2 Å². The minimum Gasteiger partial charge on any atom is -0.438 e. The van der Waals surface area contributed by atoms with Crippen LogP contribution in [0.5, 0.6) is 11.6 Å². The minimum atomic E-state index is -0.523. The van der Waals surface area contributed by atoms with Gasteiger partial charge in [-0.2, -0.15) is 9.49 Å². The van der Waals surface area contributed by atoms with E-state index in [4.69, 9.17) is 26.4 Å². The summed E-state index contributed by atoms with van der Waals surface area (Å²) < 4.78 is 21.7. The fraction of sp³-hybridized carbons (Fsp3) is 0.241.